The van der Waals surface area contributed by atoms with Crippen LogP contribution in [0.2, 0.25) is 0 Å². The molecule has 2 saturated heterocycles. The van der Waals surface area contributed by atoms with E-state index in [9.17, 15) is 13.2 Å². The van der Waals surface area contributed by atoms with Gasteiger partial charge in [-0.2, -0.15) is 0 Å². The quantitative estimate of drug-likeness (QED) is 0.685. The van der Waals surface area contributed by atoms with E-state index in [2.05, 4.69) is 5.32 Å². The third kappa shape index (κ3) is 3.29. The molecule has 0 aliphatic carbocycles. The first-order chi connectivity index (χ1) is 9.36. The second-order valence-corrected chi connectivity index (χ2v) is 8.21. The molecule has 1 atom stereocenters. The number of rotatable bonds is 4. The summed E-state index contributed by atoms with van der Waals surface area (Å²) in [6.45, 7) is 1.29. The van der Waals surface area contributed by atoms with Crippen LogP contribution < -0.4 is 11.1 Å². The maximum atomic E-state index is 12.4. The molecule has 6 nitrogen and oxygen atoms in total. The van der Waals surface area contributed by atoms with E-state index in [1.807, 2.05) is 0 Å². The number of carbonyl (C=O) groups excluding carboxylic acids is 1. The van der Waals surface area contributed by atoms with Crippen LogP contribution in [0.3, 0.4) is 0 Å². The van der Waals surface area contributed by atoms with Crippen molar-refractivity contribution in [3.05, 3.63) is 0 Å². The van der Waals surface area contributed by atoms with Gasteiger partial charge in [0.25, 0.3) is 0 Å². The number of sulfone groups is 1. The van der Waals surface area contributed by atoms with Gasteiger partial charge in [-0.3, -0.25) is 4.79 Å². The number of hydrogen-bond acceptors (Lipinski definition) is 5. The Kier molecular flexibility index (Phi) is 4.66. The fourth-order valence-corrected chi connectivity index (χ4v) is 4.90. The van der Waals surface area contributed by atoms with Crippen LogP contribution in [0.5, 0.6) is 0 Å². The van der Waals surface area contributed by atoms with Crippen LogP contribution in [0.4, 0.5) is 0 Å². The predicted octanol–water partition coefficient (Wildman–Crippen LogP) is -0.380. The summed E-state index contributed by atoms with van der Waals surface area (Å²) in [7, 11) is -2.92. The van der Waals surface area contributed by atoms with Crippen molar-refractivity contribution in [1.82, 2.24) is 5.32 Å². The molecule has 0 bridgehead atoms. The Bertz CT molecular complexity index is 498. The zero-order valence-corrected chi connectivity index (χ0v) is 12.9. The zero-order chi connectivity index (χ0) is 14.8. The molecule has 2 aliphatic heterocycles. The highest BCUT2D eigenvalue weighted by Gasteiger charge is 2.43. The lowest BCUT2D eigenvalue weighted by Crippen LogP contribution is -2.52. The standard InChI is InChI=1S/C12H20N2O4S2/c13-10(19)12(2-4-18-5-3-12)11(15)14-7-9-1-6-20(16,17)8-9/h9H,1-8H2,(H2,13,19)(H,14,15). The molecule has 8 heteroatoms. The summed E-state index contributed by atoms with van der Waals surface area (Å²) in [4.78, 5) is 12.6. The smallest absolute Gasteiger partial charge is 0.233 e. The molecule has 0 aromatic rings. The van der Waals surface area contributed by atoms with Crippen molar-refractivity contribution >= 4 is 33.0 Å². The number of ether oxygens (including phenoxy) is 1. The van der Waals surface area contributed by atoms with E-state index in [1.165, 1.54) is 0 Å². The second-order valence-electron chi connectivity index (χ2n) is 5.54. The number of nitrogens with two attached hydrogens (primary N) is 1. The Balaban J connectivity index is 1.94. The minimum Gasteiger partial charge on any atom is -0.392 e. The number of nitrogens with one attached hydrogen (secondary N) is 1. The van der Waals surface area contributed by atoms with Crippen molar-refractivity contribution in [1.29, 1.82) is 0 Å². The summed E-state index contributed by atoms with van der Waals surface area (Å²) in [6, 6.07) is 0. The number of carbonyl (C=O) groups is 1. The van der Waals surface area contributed by atoms with E-state index >= 15 is 0 Å². The van der Waals surface area contributed by atoms with Crippen LogP contribution in [-0.2, 0) is 19.4 Å². The number of hydrogen-bond donors (Lipinski definition) is 2. The van der Waals surface area contributed by atoms with Crippen molar-refractivity contribution in [2.45, 2.75) is 19.3 Å². The minimum absolute atomic E-state index is 0.00723. The molecule has 2 aliphatic rings. The van der Waals surface area contributed by atoms with Gasteiger partial charge in [0.15, 0.2) is 9.84 Å². The monoisotopic (exact) mass is 320 g/mol. The summed E-state index contributed by atoms with van der Waals surface area (Å²) in [6.07, 6.45) is 1.57. The fraction of sp³-hybridized carbons (Fsp3) is 0.833. The topological polar surface area (TPSA) is 98.5 Å². The highest BCUT2D eigenvalue weighted by atomic mass is 32.2. The molecular formula is C12H20N2O4S2. The molecule has 0 saturated carbocycles. The van der Waals surface area contributed by atoms with Gasteiger partial charge in [-0.05, 0) is 25.2 Å². The normalized spacial score (nSPS) is 27.9. The summed E-state index contributed by atoms with van der Waals surface area (Å²) in [5.41, 5.74) is 4.91. The maximum absolute atomic E-state index is 12.4. The van der Waals surface area contributed by atoms with Crippen molar-refractivity contribution in [3.63, 3.8) is 0 Å². The molecule has 1 amide bonds. The SMILES string of the molecule is NC(=S)C1(C(=O)NCC2CCS(=O)(=O)C2)CCOCC1. The van der Waals surface area contributed by atoms with E-state index in [0.29, 0.717) is 39.0 Å². The van der Waals surface area contributed by atoms with E-state index in [4.69, 9.17) is 22.7 Å². The van der Waals surface area contributed by atoms with E-state index in [1.54, 1.807) is 0 Å². The van der Waals surface area contributed by atoms with Gasteiger partial charge in [-0.25, -0.2) is 8.42 Å². The molecule has 0 spiro atoms. The van der Waals surface area contributed by atoms with E-state index in [-0.39, 0.29) is 28.3 Å². The molecule has 114 valence electrons. The van der Waals surface area contributed by atoms with Gasteiger partial charge in [0, 0.05) is 19.8 Å². The number of thiocarbonyl (C=S) groups is 1. The average Bonchev–Trinajstić information content (AvgIpc) is 2.76. The molecule has 0 radical (unpaired) electrons. The Morgan fingerprint density at radius 2 is 2.05 bits per heavy atom. The second kappa shape index (κ2) is 5.95. The van der Waals surface area contributed by atoms with Gasteiger partial charge >= 0.3 is 0 Å². The molecule has 2 heterocycles. The van der Waals surface area contributed by atoms with Crippen LogP contribution in [0.1, 0.15) is 19.3 Å². The average molecular weight is 320 g/mol. The molecular weight excluding hydrogens is 300 g/mol. The van der Waals surface area contributed by atoms with Crippen molar-refractivity contribution < 1.29 is 17.9 Å². The third-order valence-corrected chi connectivity index (χ3v) is 6.36. The van der Waals surface area contributed by atoms with Crippen molar-refractivity contribution in [2.75, 3.05) is 31.3 Å². The predicted molar refractivity (Wildman–Crippen MR) is 79.0 cm³/mol. The Labute approximate surface area is 124 Å². The molecule has 0 aromatic heterocycles. The van der Waals surface area contributed by atoms with Crippen LogP contribution in [0.15, 0.2) is 0 Å². The fourth-order valence-electron chi connectivity index (χ4n) is 2.74. The molecule has 3 N–H and O–H groups in total. The first-order valence-electron chi connectivity index (χ1n) is 6.72. The molecule has 0 aromatic carbocycles. The van der Waals surface area contributed by atoms with Gasteiger partial charge in [0.05, 0.1) is 16.5 Å². The Morgan fingerprint density at radius 1 is 1.40 bits per heavy atom. The lowest BCUT2D eigenvalue weighted by Gasteiger charge is -2.34. The lowest BCUT2D eigenvalue weighted by molar-refractivity contribution is -0.131. The van der Waals surface area contributed by atoms with Crippen molar-refractivity contribution in [2.24, 2.45) is 17.1 Å². The van der Waals surface area contributed by atoms with Crippen LogP contribution in [0, 0.1) is 11.3 Å². The molecule has 20 heavy (non-hydrogen) atoms. The third-order valence-electron chi connectivity index (χ3n) is 4.13. The van der Waals surface area contributed by atoms with Crippen LogP contribution in [0.25, 0.3) is 0 Å². The van der Waals surface area contributed by atoms with Crippen molar-refractivity contribution in [3.8, 4) is 0 Å². The Morgan fingerprint density at radius 3 is 2.55 bits per heavy atom. The van der Waals surface area contributed by atoms with Gasteiger partial charge in [0.2, 0.25) is 5.91 Å². The summed E-state index contributed by atoms with van der Waals surface area (Å²) in [5, 5.41) is 2.83. The molecule has 2 fully saturated rings. The highest BCUT2D eigenvalue weighted by molar-refractivity contribution is 7.91. The Hall–Kier alpha value is -0.730. The van der Waals surface area contributed by atoms with Gasteiger partial charge in [-0.1, -0.05) is 12.2 Å². The van der Waals surface area contributed by atoms with Gasteiger partial charge in [0.1, 0.15) is 5.41 Å². The van der Waals surface area contributed by atoms with E-state index < -0.39 is 15.3 Å². The zero-order valence-electron chi connectivity index (χ0n) is 11.3. The van der Waals surface area contributed by atoms with Gasteiger partial charge in [-0.15, -0.1) is 0 Å². The molecule has 1 unspecified atom stereocenters. The highest BCUT2D eigenvalue weighted by Crippen LogP contribution is 2.31. The summed E-state index contributed by atoms with van der Waals surface area (Å²) >= 11 is 5.05. The van der Waals surface area contributed by atoms with E-state index in [0.717, 1.165) is 0 Å². The summed E-state index contributed by atoms with van der Waals surface area (Å²) < 4.78 is 28.0. The van der Waals surface area contributed by atoms with Crippen LogP contribution in [-0.4, -0.2) is 50.6 Å². The largest absolute Gasteiger partial charge is 0.392 e. The summed E-state index contributed by atoms with van der Waals surface area (Å²) in [5.74, 6) is 0.156. The van der Waals surface area contributed by atoms with Gasteiger partial charge < -0.3 is 15.8 Å². The molecule has 2 rings (SSSR count). The first kappa shape index (κ1) is 15.7. The van der Waals surface area contributed by atoms with Crippen LogP contribution >= 0.6 is 12.2 Å². The maximum Gasteiger partial charge on any atom is 0.233 e. The first-order valence-corrected chi connectivity index (χ1v) is 8.95. The number of amides is 1. The minimum atomic E-state index is -2.92. The lowest BCUT2D eigenvalue weighted by atomic mass is 9.79.